The van der Waals surface area contributed by atoms with E-state index in [0.29, 0.717) is 5.78 Å². The van der Waals surface area contributed by atoms with Crippen molar-refractivity contribution in [1.82, 2.24) is 39.7 Å². The van der Waals surface area contributed by atoms with Crippen LogP contribution in [0.3, 0.4) is 0 Å². The fourth-order valence-electron chi connectivity index (χ4n) is 3.52. The molecule has 5 rings (SSSR count). The molecule has 4 aromatic rings. The third-order valence-corrected chi connectivity index (χ3v) is 4.98. The zero-order valence-electron chi connectivity index (χ0n) is 14.6. The summed E-state index contributed by atoms with van der Waals surface area (Å²) >= 11 is 0. The maximum atomic E-state index is 4.51. The molecule has 0 unspecified atom stereocenters. The lowest BCUT2D eigenvalue weighted by Crippen LogP contribution is -2.47. The molecular formula is C16H18N10. The average Bonchev–Trinajstić information content (AvgIpc) is 3.31. The number of aryl methyl sites for hydroxylation is 1. The van der Waals surface area contributed by atoms with E-state index in [1.54, 1.807) is 18.9 Å². The number of rotatable bonds is 2. The Balaban J connectivity index is 1.45. The van der Waals surface area contributed by atoms with Crippen LogP contribution in [0, 0.1) is 13.8 Å². The molecule has 0 saturated carbocycles. The molecule has 10 heteroatoms. The fraction of sp³-hybridized carbons (Fsp3) is 0.375. The molecule has 0 aromatic carbocycles. The first-order valence-corrected chi connectivity index (χ1v) is 8.53. The summed E-state index contributed by atoms with van der Waals surface area (Å²) in [6.45, 7) is 7.54. The number of hydrogen-bond donors (Lipinski definition) is 1. The Morgan fingerprint density at radius 1 is 0.962 bits per heavy atom. The molecule has 132 valence electrons. The molecule has 1 saturated heterocycles. The van der Waals surface area contributed by atoms with Crippen LogP contribution in [0.5, 0.6) is 0 Å². The molecule has 1 aliphatic rings. The minimum Gasteiger partial charge on any atom is -0.353 e. The van der Waals surface area contributed by atoms with Gasteiger partial charge in [0.1, 0.15) is 24.3 Å². The largest absolute Gasteiger partial charge is 0.353 e. The number of aromatic nitrogens is 8. The minimum atomic E-state index is 0.640. The molecule has 0 radical (unpaired) electrons. The van der Waals surface area contributed by atoms with E-state index in [2.05, 4.69) is 52.0 Å². The topological polar surface area (TPSA) is 104 Å². The van der Waals surface area contributed by atoms with E-state index in [1.165, 1.54) is 0 Å². The third kappa shape index (κ3) is 2.18. The van der Waals surface area contributed by atoms with Crippen molar-refractivity contribution in [1.29, 1.82) is 0 Å². The Morgan fingerprint density at radius 2 is 1.77 bits per heavy atom. The van der Waals surface area contributed by atoms with Crippen molar-refractivity contribution in [2.45, 2.75) is 13.8 Å². The lowest BCUT2D eigenvalue weighted by molar-refractivity contribution is 0.632. The SMILES string of the molecule is Cc1nc2ncnn2c(N2CCN(c3ncnc4[nH]ncc34)CC2)c1C. The molecule has 26 heavy (non-hydrogen) atoms. The minimum absolute atomic E-state index is 0.640. The zero-order chi connectivity index (χ0) is 17.7. The Bertz CT molecular complexity index is 1090. The highest BCUT2D eigenvalue weighted by Crippen LogP contribution is 2.26. The van der Waals surface area contributed by atoms with Crippen LogP contribution in [0.4, 0.5) is 11.6 Å². The summed E-state index contributed by atoms with van der Waals surface area (Å²) in [5, 5.41) is 12.3. The van der Waals surface area contributed by atoms with Gasteiger partial charge in [0, 0.05) is 37.4 Å². The quantitative estimate of drug-likeness (QED) is 0.564. The monoisotopic (exact) mass is 350 g/mol. The first-order valence-electron chi connectivity index (χ1n) is 8.53. The predicted octanol–water partition coefficient (Wildman–Crippen LogP) is 0.734. The number of H-pyrrole nitrogens is 1. The van der Waals surface area contributed by atoms with E-state index in [1.807, 2.05) is 11.4 Å². The number of aromatic amines is 1. The van der Waals surface area contributed by atoms with Gasteiger partial charge < -0.3 is 9.80 Å². The van der Waals surface area contributed by atoms with Crippen LogP contribution < -0.4 is 9.80 Å². The van der Waals surface area contributed by atoms with Gasteiger partial charge in [-0.25, -0.2) is 15.0 Å². The maximum absolute atomic E-state index is 4.51. The number of piperazine rings is 1. The first kappa shape index (κ1) is 15.0. The fourth-order valence-corrected chi connectivity index (χ4v) is 3.52. The molecule has 0 aliphatic carbocycles. The molecule has 4 aromatic heterocycles. The van der Waals surface area contributed by atoms with Gasteiger partial charge in [0.15, 0.2) is 5.65 Å². The molecule has 0 amide bonds. The second-order valence-electron chi connectivity index (χ2n) is 6.42. The van der Waals surface area contributed by atoms with E-state index in [4.69, 9.17) is 0 Å². The summed E-state index contributed by atoms with van der Waals surface area (Å²) in [7, 11) is 0. The van der Waals surface area contributed by atoms with Gasteiger partial charge in [-0.3, -0.25) is 5.10 Å². The van der Waals surface area contributed by atoms with Gasteiger partial charge in [0.25, 0.3) is 5.78 Å². The molecule has 1 N–H and O–H groups in total. The Morgan fingerprint density at radius 3 is 2.62 bits per heavy atom. The summed E-state index contributed by atoms with van der Waals surface area (Å²) in [6, 6.07) is 0. The van der Waals surface area contributed by atoms with Crippen molar-refractivity contribution < 1.29 is 0 Å². The predicted molar refractivity (Wildman–Crippen MR) is 96.4 cm³/mol. The van der Waals surface area contributed by atoms with Crippen molar-refractivity contribution in [3.8, 4) is 0 Å². The molecule has 1 fully saturated rings. The van der Waals surface area contributed by atoms with E-state index in [-0.39, 0.29) is 0 Å². The van der Waals surface area contributed by atoms with Gasteiger partial charge in [0.2, 0.25) is 0 Å². The Labute approximate surface area is 148 Å². The molecular weight excluding hydrogens is 332 g/mol. The third-order valence-electron chi connectivity index (χ3n) is 4.98. The van der Waals surface area contributed by atoms with Crippen LogP contribution in [0.15, 0.2) is 18.9 Å². The van der Waals surface area contributed by atoms with Crippen molar-refractivity contribution in [3.63, 3.8) is 0 Å². The summed E-state index contributed by atoms with van der Waals surface area (Å²) in [4.78, 5) is 22.1. The highest BCUT2D eigenvalue weighted by molar-refractivity contribution is 5.86. The summed E-state index contributed by atoms with van der Waals surface area (Å²) in [6.07, 6.45) is 4.92. The molecule has 0 spiro atoms. The van der Waals surface area contributed by atoms with Crippen molar-refractivity contribution in [2.75, 3.05) is 36.0 Å². The van der Waals surface area contributed by atoms with Crippen LogP contribution in [-0.4, -0.2) is 65.9 Å². The van der Waals surface area contributed by atoms with Gasteiger partial charge in [-0.2, -0.15) is 19.7 Å². The number of fused-ring (bicyclic) bond motifs is 2. The van der Waals surface area contributed by atoms with Crippen LogP contribution >= 0.6 is 0 Å². The maximum Gasteiger partial charge on any atom is 0.254 e. The normalized spacial score (nSPS) is 15.3. The van der Waals surface area contributed by atoms with Crippen LogP contribution in [0.1, 0.15) is 11.3 Å². The number of anilines is 2. The van der Waals surface area contributed by atoms with Crippen molar-refractivity contribution in [2.24, 2.45) is 0 Å². The molecule has 0 bridgehead atoms. The zero-order valence-corrected chi connectivity index (χ0v) is 14.6. The van der Waals surface area contributed by atoms with Crippen LogP contribution in [-0.2, 0) is 0 Å². The van der Waals surface area contributed by atoms with Crippen molar-refractivity contribution in [3.05, 3.63) is 30.1 Å². The Kier molecular flexibility index (Phi) is 3.24. The summed E-state index contributed by atoms with van der Waals surface area (Å²) in [5.41, 5.74) is 2.89. The van der Waals surface area contributed by atoms with Gasteiger partial charge in [-0.05, 0) is 13.8 Å². The second-order valence-corrected chi connectivity index (χ2v) is 6.42. The van der Waals surface area contributed by atoms with E-state index in [0.717, 1.165) is 60.1 Å². The lowest BCUT2D eigenvalue weighted by atomic mass is 10.2. The number of nitrogens with zero attached hydrogens (tertiary/aromatic N) is 9. The highest BCUT2D eigenvalue weighted by atomic mass is 15.4. The lowest BCUT2D eigenvalue weighted by Gasteiger charge is -2.37. The van der Waals surface area contributed by atoms with E-state index < -0.39 is 0 Å². The second kappa shape index (κ2) is 5.61. The van der Waals surface area contributed by atoms with Gasteiger partial charge >= 0.3 is 0 Å². The Hall–Kier alpha value is -3.30. The number of nitrogens with one attached hydrogen (secondary N) is 1. The van der Waals surface area contributed by atoms with Gasteiger partial charge in [0.05, 0.1) is 11.6 Å². The smallest absolute Gasteiger partial charge is 0.254 e. The summed E-state index contributed by atoms with van der Waals surface area (Å²) in [5.74, 6) is 2.64. The highest BCUT2D eigenvalue weighted by Gasteiger charge is 2.24. The molecule has 0 atom stereocenters. The standard InChI is InChI=1S/C16H18N10/c1-10-11(2)22-16-19-9-21-26(16)15(10)25-5-3-24(4-6-25)14-12-7-20-23-13(12)17-8-18-14/h7-9H,3-6H2,1-2H3,(H,17,18,20,23). The molecule has 5 heterocycles. The van der Waals surface area contributed by atoms with E-state index in [9.17, 15) is 0 Å². The molecule has 10 nitrogen and oxygen atoms in total. The van der Waals surface area contributed by atoms with E-state index >= 15 is 0 Å². The summed E-state index contributed by atoms with van der Waals surface area (Å²) < 4.78 is 1.83. The molecule has 1 aliphatic heterocycles. The van der Waals surface area contributed by atoms with Crippen LogP contribution in [0.25, 0.3) is 16.8 Å². The van der Waals surface area contributed by atoms with Crippen molar-refractivity contribution >= 4 is 28.4 Å². The number of hydrogen-bond acceptors (Lipinski definition) is 8. The average molecular weight is 350 g/mol. The van der Waals surface area contributed by atoms with Gasteiger partial charge in [-0.1, -0.05) is 0 Å². The van der Waals surface area contributed by atoms with Crippen LogP contribution in [0.2, 0.25) is 0 Å². The first-order chi connectivity index (χ1) is 12.7. The van der Waals surface area contributed by atoms with Gasteiger partial charge in [-0.15, -0.1) is 0 Å².